The van der Waals surface area contributed by atoms with E-state index in [0.717, 1.165) is 57.4 Å². The molecule has 0 aromatic heterocycles. The van der Waals surface area contributed by atoms with Crippen molar-refractivity contribution in [3.05, 3.63) is 35.9 Å². The van der Waals surface area contributed by atoms with Crippen molar-refractivity contribution in [2.24, 2.45) is 11.8 Å². The molecule has 2 atom stereocenters. The second-order valence-corrected chi connectivity index (χ2v) is 8.57. The van der Waals surface area contributed by atoms with Crippen LogP contribution >= 0.6 is 0 Å². The minimum atomic E-state index is -0.349. The molecule has 1 amide bonds. The van der Waals surface area contributed by atoms with Gasteiger partial charge in [-0.15, -0.1) is 0 Å². The van der Waals surface area contributed by atoms with E-state index in [-0.39, 0.29) is 11.7 Å². The lowest BCUT2D eigenvalue weighted by Crippen LogP contribution is -2.48. The van der Waals surface area contributed by atoms with Gasteiger partial charge in [-0.25, -0.2) is 0 Å². The molecule has 1 saturated heterocycles. The Balaban J connectivity index is 1.38. The molecule has 0 N–H and O–H groups in total. The van der Waals surface area contributed by atoms with E-state index in [1.807, 2.05) is 18.2 Å². The predicted octanol–water partition coefficient (Wildman–Crippen LogP) is 4.18. The highest BCUT2D eigenvalue weighted by molar-refractivity contribution is 5.79. The lowest BCUT2D eigenvalue weighted by Gasteiger charge is -2.44. The van der Waals surface area contributed by atoms with Gasteiger partial charge >= 0.3 is 0 Å². The lowest BCUT2D eigenvalue weighted by atomic mass is 9.74. The van der Waals surface area contributed by atoms with E-state index in [4.69, 9.17) is 9.47 Å². The van der Waals surface area contributed by atoms with Gasteiger partial charge in [-0.3, -0.25) is 4.79 Å². The van der Waals surface area contributed by atoms with Crippen LogP contribution in [0.3, 0.4) is 0 Å². The van der Waals surface area contributed by atoms with Crippen LogP contribution < -0.4 is 0 Å². The summed E-state index contributed by atoms with van der Waals surface area (Å²) >= 11 is 0. The number of hydrogen-bond donors (Lipinski definition) is 0. The van der Waals surface area contributed by atoms with Crippen molar-refractivity contribution in [2.45, 2.75) is 70.1 Å². The Morgan fingerprint density at radius 3 is 2.52 bits per heavy atom. The standard InChI is InChI=1S/C23H33NO3/c1-18-20(9-6-13-23(18)26-15-16-27-23)12-14-24(21-10-5-11-21)22(25)17-19-7-3-2-4-8-19/h2-4,7-8,18,20-21H,5-6,9-17H2,1H3/t18-,20-/m0/s1. The molecule has 2 saturated carbocycles. The van der Waals surface area contributed by atoms with Gasteiger partial charge in [0.05, 0.1) is 19.6 Å². The van der Waals surface area contributed by atoms with Crippen LogP contribution in [0.15, 0.2) is 30.3 Å². The smallest absolute Gasteiger partial charge is 0.227 e. The molecule has 4 rings (SSSR count). The van der Waals surface area contributed by atoms with Crippen LogP contribution in [0.4, 0.5) is 0 Å². The maximum atomic E-state index is 13.0. The van der Waals surface area contributed by atoms with E-state index in [0.29, 0.717) is 24.3 Å². The van der Waals surface area contributed by atoms with E-state index in [9.17, 15) is 4.79 Å². The summed E-state index contributed by atoms with van der Waals surface area (Å²) in [5.41, 5.74) is 1.12. The normalized spacial score (nSPS) is 27.4. The SMILES string of the molecule is C[C@H]1[C@H](CCN(C(=O)Cc2ccccc2)C2CCC2)CCCC12OCCO2. The van der Waals surface area contributed by atoms with Gasteiger partial charge in [-0.2, -0.15) is 0 Å². The van der Waals surface area contributed by atoms with Crippen molar-refractivity contribution in [3.8, 4) is 0 Å². The van der Waals surface area contributed by atoms with E-state index < -0.39 is 0 Å². The molecule has 148 valence electrons. The van der Waals surface area contributed by atoms with Gasteiger partial charge in [0.25, 0.3) is 0 Å². The third-order valence-electron chi connectivity index (χ3n) is 7.05. The summed E-state index contributed by atoms with van der Waals surface area (Å²) in [7, 11) is 0. The maximum absolute atomic E-state index is 13.0. The summed E-state index contributed by atoms with van der Waals surface area (Å²) in [4.78, 5) is 15.2. The lowest BCUT2D eigenvalue weighted by molar-refractivity contribution is -0.222. The quantitative estimate of drug-likeness (QED) is 0.753. The van der Waals surface area contributed by atoms with Gasteiger partial charge in [-0.05, 0) is 50.0 Å². The molecule has 4 heteroatoms. The molecule has 1 heterocycles. The van der Waals surface area contributed by atoms with Crippen LogP contribution in [-0.2, 0) is 20.7 Å². The van der Waals surface area contributed by atoms with Crippen molar-refractivity contribution in [1.29, 1.82) is 0 Å². The van der Waals surface area contributed by atoms with Gasteiger partial charge < -0.3 is 14.4 Å². The van der Waals surface area contributed by atoms with Crippen molar-refractivity contribution in [3.63, 3.8) is 0 Å². The number of amides is 1. The van der Waals surface area contributed by atoms with Crippen LogP contribution in [-0.4, -0.2) is 42.4 Å². The molecule has 0 radical (unpaired) electrons. The van der Waals surface area contributed by atoms with Gasteiger partial charge in [0.1, 0.15) is 0 Å². The fourth-order valence-electron chi connectivity index (χ4n) is 5.11. The van der Waals surface area contributed by atoms with E-state index in [1.165, 1.54) is 12.8 Å². The molecule has 27 heavy (non-hydrogen) atoms. The van der Waals surface area contributed by atoms with E-state index in [2.05, 4.69) is 24.0 Å². The summed E-state index contributed by atoms with van der Waals surface area (Å²) in [5.74, 6) is 0.917. The fourth-order valence-corrected chi connectivity index (χ4v) is 5.11. The zero-order valence-corrected chi connectivity index (χ0v) is 16.6. The second kappa shape index (κ2) is 8.32. The molecular formula is C23H33NO3. The Hall–Kier alpha value is -1.39. The first-order valence-corrected chi connectivity index (χ1v) is 10.8. The maximum Gasteiger partial charge on any atom is 0.227 e. The van der Waals surface area contributed by atoms with Crippen molar-refractivity contribution in [2.75, 3.05) is 19.8 Å². The van der Waals surface area contributed by atoms with Gasteiger partial charge in [0, 0.05) is 24.9 Å². The molecule has 4 nitrogen and oxygen atoms in total. The number of benzene rings is 1. The molecule has 0 unspecified atom stereocenters. The molecule has 3 aliphatic rings. The van der Waals surface area contributed by atoms with Crippen LogP contribution in [0, 0.1) is 11.8 Å². The van der Waals surface area contributed by atoms with Gasteiger partial charge in [0.15, 0.2) is 5.79 Å². The molecule has 0 bridgehead atoms. The number of carbonyl (C=O) groups excluding carboxylic acids is 1. The minimum absolute atomic E-state index is 0.289. The number of nitrogens with zero attached hydrogens (tertiary/aromatic N) is 1. The number of ether oxygens (including phenoxy) is 2. The molecule has 1 aliphatic heterocycles. The Kier molecular flexibility index (Phi) is 5.84. The number of carbonyl (C=O) groups is 1. The largest absolute Gasteiger partial charge is 0.347 e. The zero-order chi connectivity index (χ0) is 18.7. The molecule has 1 aromatic rings. The highest BCUT2D eigenvalue weighted by Gasteiger charge is 2.47. The average Bonchev–Trinajstić information content (AvgIpc) is 3.10. The molecule has 3 fully saturated rings. The minimum Gasteiger partial charge on any atom is -0.347 e. The van der Waals surface area contributed by atoms with Crippen LogP contribution in [0.5, 0.6) is 0 Å². The average molecular weight is 372 g/mol. The van der Waals surface area contributed by atoms with Crippen LogP contribution in [0.2, 0.25) is 0 Å². The second-order valence-electron chi connectivity index (χ2n) is 8.57. The number of rotatable bonds is 6. The first-order valence-electron chi connectivity index (χ1n) is 10.8. The summed E-state index contributed by atoms with van der Waals surface area (Å²) in [5, 5.41) is 0. The van der Waals surface area contributed by atoms with Gasteiger partial charge in [-0.1, -0.05) is 37.3 Å². The van der Waals surface area contributed by atoms with Crippen LogP contribution in [0.1, 0.15) is 57.4 Å². The number of hydrogen-bond acceptors (Lipinski definition) is 3. The monoisotopic (exact) mass is 371 g/mol. The highest BCUT2D eigenvalue weighted by atomic mass is 16.7. The van der Waals surface area contributed by atoms with Gasteiger partial charge in [0.2, 0.25) is 5.91 Å². The summed E-state index contributed by atoms with van der Waals surface area (Å²) in [6.45, 7) is 4.61. The Morgan fingerprint density at radius 2 is 1.85 bits per heavy atom. The third kappa shape index (κ3) is 4.07. The summed E-state index contributed by atoms with van der Waals surface area (Å²) in [6, 6.07) is 10.6. The van der Waals surface area contributed by atoms with Crippen molar-refractivity contribution in [1.82, 2.24) is 4.90 Å². The third-order valence-corrected chi connectivity index (χ3v) is 7.05. The Morgan fingerprint density at radius 1 is 1.11 bits per heavy atom. The summed E-state index contributed by atoms with van der Waals surface area (Å²) < 4.78 is 12.1. The van der Waals surface area contributed by atoms with Crippen LogP contribution in [0.25, 0.3) is 0 Å². The highest BCUT2D eigenvalue weighted by Crippen LogP contribution is 2.44. The van der Waals surface area contributed by atoms with E-state index >= 15 is 0 Å². The first-order chi connectivity index (χ1) is 13.2. The molecule has 1 spiro atoms. The molecule has 2 aliphatic carbocycles. The zero-order valence-electron chi connectivity index (χ0n) is 16.6. The Labute approximate surface area is 163 Å². The van der Waals surface area contributed by atoms with Crippen molar-refractivity contribution >= 4 is 5.91 Å². The molecule has 1 aromatic carbocycles. The van der Waals surface area contributed by atoms with E-state index in [1.54, 1.807) is 0 Å². The van der Waals surface area contributed by atoms with Crippen molar-refractivity contribution < 1.29 is 14.3 Å². The Bertz CT molecular complexity index is 622. The first kappa shape index (κ1) is 18.9. The predicted molar refractivity (Wildman–Crippen MR) is 105 cm³/mol. The molecular weight excluding hydrogens is 338 g/mol. The fraction of sp³-hybridized carbons (Fsp3) is 0.696. The topological polar surface area (TPSA) is 38.8 Å². The summed E-state index contributed by atoms with van der Waals surface area (Å²) in [6.07, 6.45) is 8.57.